The molecule has 1 saturated heterocycles. The SMILES string of the molecule is C[C@H]1N[C@@H](CO)[C@H](O)[C@@H](O)[C@H]1O. The molecule has 5 nitrogen and oxygen atoms in total. The van der Waals surface area contributed by atoms with Crippen molar-refractivity contribution in [2.75, 3.05) is 6.61 Å². The number of rotatable bonds is 1. The smallest absolute Gasteiger partial charge is 0.109 e. The van der Waals surface area contributed by atoms with Gasteiger partial charge in [-0.3, -0.25) is 0 Å². The highest BCUT2D eigenvalue weighted by atomic mass is 16.4. The van der Waals surface area contributed by atoms with Crippen molar-refractivity contribution in [3.63, 3.8) is 0 Å². The van der Waals surface area contributed by atoms with E-state index < -0.39 is 24.4 Å². The van der Waals surface area contributed by atoms with Gasteiger partial charge in [-0.15, -0.1) is 0 Å². The van der Waals surface area contributed by atoms with Gasteiger partial charge in [0.05, 0.1) is 24.9 Å². The van der Waals surface area contributed by atoms with Crippen molar-refractivity contribution in [1.29, 1.82) is 0 Å². The molecule has 5 heteroatoms. The summed E-state index contributed by atoms with van der Waals surface area (Å²) in [4.78, 5) is 0. The molecule has 0 bridgehead atoms. The zero-order chi connectivity index (χ0) is 9.30. The fourth-order valence-corrected chi connectivity index (χ4v) is 1.43. The molecule has 5 N–H and O–H groups in total. The Morgan fingerprint density at radius 1 is 1.08 bits per heavy atom. The molecule has 0 spiro atoms. The lowest BCUT2D eigenvalue weighted by atomic mass is 9.91. The molecule has 0 amide bonds. The van der Waals surface area contributed by atoms with Gasteiger partial charge in [-0.25, -0.2) is 0 Å². The van der Waals surface area contributed by atoms with Crippen molar-refractivity contribution in [1.82, 2.24) is 5.32 Å². The van der Waals surface area contributed by atoms with Crippen LogP contribution in [0.25, 0.3) is 0 Å². The molecule has 0 aromatic heterocycles. The molecule has 0 aromatic carbocycles. The van der Waals surface area contributed by atoms with Gasteiger partial charge in [0.1, 0.15) is 6.10 Å². The van der Waals surface area contributed by atoms with Crippen LogP contribution in [-0.4, -0.2) is 57.4 Å². The molecule has 0 radical (unpaired) electrons. The van der Waals surface area contributed by atoms with Gasteiger partial charge in [-0.05, 0) is 6.92 Å². The molecule has 1 heterocycles. The average molecular weight is 177 g/mol. The van der Waals surface area contributed by atoms with E-state index in [2.05, 4.69) is 5.32 Å². The molecule has 1 fully saturated rings. The van der Waals surface area contributed by atoms with Crippen molar-refractivity contribution < 1.29 is 20.4 Å². The van der Waals surface area contributed by atoms with Crippen LogP contribution in [0.5, 0.6) is 0 Å². The van der Waals surface area contributed by atoms with Gasteiger partial charge < -0.3 is 25.7 Å². The number of piperidine rings is 1. The standard InChI is InChI=1S/C7H15NO4/c1-3-5(10)7(12)6(11)4(2-9)8-3/h3-12H,2H2,1H3/t3-,4+,5+,6+,7+/m1/s1. The highest BCUT2D eigenvalue weighted by molar-refractivity contribution is 4.96. The summed E-state index contributed by atoms with van der Waals surface area (Å²) in [5.74, 6) is 0. The fraction of sp³-hybridized carbons (Fsp3) is 1.00. The van der Waals surface area contributed by atoms with E-state index >= 15 is 0 Å². The molecular formula is C7H15NO4. The van der Waals surface area contributed by atoms with Gasteiger partial charge in [0.25, 0.3) is 0 Å². The van der Waals surface area contributed by atoms with E-state index in [0.717, 1.165) is 0 Å². The predicted octanol–water partition coefficient (Wildman–Crippen LogP) is -2.58. The Morgan fingerprint density at radius 3 is 2.17 bits per heavy atom. The Kier molecular flexibility index (Phi) is 3.03. The summed E-state index contributed by atoms with van der Waals surface area (Å²) in [6, 6.07) is -0.876. The van der Waals surface area contributed by atoms with Crippen LogP contribution in [0.3, 0.4) is 0 Å². The molecule has 0 unspecified atom stereocenters. The van der Waals surface area contributed by atoms with Gasteiger partial charge in [0.15, 0.2) is 0 Å². The minimum absolute atomic E-state index is 0.255. The Bertz CT molecular complexity index is 150. The molecule has 1 rings (SSSR count). The number of aliphatic hydroxyl groups excluding tert-OH is 4. The Morgan fingerprint density at radius 2 is 1.67 bits per heavy atom. The third-order valence-corrected chi connectivity index (χ3v) is 2.30. The van der Waals surface area contributed by atoms with Gasteiger partial charge in [-0.1, -0.05) is 0 Å². The van der Waals surface area contributed by atoms with Gasteiger partial charge >= 0.3 is 0 Å². The quantitative estimate of drug-likeness (QED) is 0.303. The summed E-state index contributed by atoms with van der Waals surface area (Å²) in [6.45, 7) is 1.43. The zero-order valence-corrected chi connectivity index (χ0v) is 6.88. The molecule has 1 aliphatic rings. The fourth-order valence-electron chi connectivity index (χ4n) is 1.43. The van der Waals surface area contributed by atoms with Crippen molar-refractivity contribution in [2.24, 2.45) is 0 Å². The van der Waals surface area contributed by atoms with Gasteiger partial charge in [0.2, 0.25) is 0 Å². The Labute approximate surface area is 70.6 Å². The summed E-state index contributed by atoms with van der Waals surface area (Å²) >= 11 is 0. The molecule has 0 saturated carbocycles. The van der Waals surface area contributed by atoms with Crippen LogP contribution in [-0.2, 0) is 0 Å². The lowest BCUT2D eigenvalue weighted by Gasteiger charge is -2.39. The first kappa shape index (κ1) is 9.88. The molecule has 12 heavy (non-hydrogen) atoms. The van der Waals surface area contributed by atoms with Gasteiger partial charge in [0, 0.05) is 6.04 Å². The van der Waals surface area contributed by atoms with Crippen molar-refractivity contribution >= 4 is 0 Å². The molecule has 5 atom stereocenters. The maximum atomic E-state index is 9.29. The summed E-state index contributed by atoms with van der Waals surface area (Å²) in [7, 11) is 0. The first-order valence-electron chi connectivity index (χ1n) is 3.99. The minimum atomic E-state index is -1.18. The molecule has 72 valence electrons. The van der Waals surface area contributed by atoms with Crippen molar-refractivity contribution in [2.45, 2.75) is 37.3 Å². The van der Waals surface area contributed by atoms with Crippen molar-refractivity contribution in [3.05, 3.63) is 0 Å². The highest BCUT2D eigenvalue weighted by Crippen LogP contribution is 2.14. The van der Waals surface area contributed by atoms with Crippen LogP contribution in [0.2, 0.25) is 0 Å². The first-order valence-corrected chi connectivity index (χ1v) is 3.99. The number of hydrogen-bond donors (Lipinski definition) is 5. The number of nitrogens with one attached hydrogen (secondary N) is 1. The molecular weight excluding hydrogens is 162 g/mol. The average Bonchev–Trinajstić information content (AvgIpc) is 2.08. The lowest BCUT2D eigenvalue weighted by Crippen LogP contribution is -2.64. The second-order valence-corrected chi connectivity index (χ2v) is 3.22. The normalized spacial score (nSPS) is 49.2. The second-order valence-electron chi connectivity index (χ2n) is 3.22. The molecule has 1 aliphatic heterocycles. The number of hydrogen-bond acceptors (Lipinski definition) is 5. The maximum Gasteiger partial charge on any atom is 0.109 e. The summed E-state index contributed by atoms with van der Waals surface area (Å²) in [5, 5.41) is 39.4. The van der Waals surface area contributed by atoms with E-state index in [1.165, 1.54) is 0 Å². The van der Waals surface area contributed by atoms with Crippen molar-refractivity contribution in [3.8, 4) is 0 Å². The minimum Gasteiger partial charge on any atom is -0.395 e. The van der Waals surface area contributed by atoms with Crippen LogP contribution in [0, 0.1) is 0 Å². The largest absolute Gasteiger partial charge is 0.395 e. The summed E-state index contributed by atoms with van der Waals surface area (Å²) in [6.07, 6.45) is -3.28. The maximum absolute atomic E-state index is 9.29. The third kappa shape index (κ3) is 1.60. The van der Waals surface area contributed by atoms with Crippen LogP contribution in [0.1, 0.15) is 6.92 Å². The van der Waals surface area contributed by atoms with Crippen LogP contribution in [0.4, 0.5) is 0 Å². The van der Waals surface area contributed by atoms with Crippen LogP contribution in [0.15, 0.2) is 0 Å². The monoisotopic (exact) mass is 177 g/mol. The number of aliphatic hydroxyl groups is 4. The molecule has 0 aliphatic carbocycles. The van der Waals surface area contributed by atoms with E-state index in [0.29, 0.717) is 0 Å². The van der Waals surface area contributed by atoms with E-state index in [1.807, 2.05) is 0 Å². The summed E-state index contributed by atoms with van der Waals surface area (Å²) in [5.41, 5.74) is 0. The van der Waals surface area contributed by atoms with E-state index in [-0.39, 0.29) is 12.6 Å². The topological polar surface area (TPSA) is 93.0 Å². The van der Waals surface area contributed by atoms with Crippen LogP contribution < -0.4 is 5.32 Å². The van der Waals surface area contributed by atoms with E-state index in [9.17, 15) is 15.3 Å². The second kappa shape index (κ2) is 3.68. The van der Waals surface area contributed by atoms with E-state index in [4.69, 9.17) is 5.11 Å². The van der Waals surface area contributed by atoms with E-state index in [1.54, 1.807) is 6.92 Å². The van der Waals surface area contributed by atoms with Crippen LogP contribution >= 0.6 is 0 Å². The summed E-state index contributed by atoms with van der Waals surface area (Å²) < 4.78 is 0. The highest BCUT2D eigenvalue weighted by Gasteiger charge is 2.39. The first-order chi connectivity index (χ1) is 5.57. The molecule has 0 aromatic rings. The Hall–Kier alpha value is -0.200. The zero-order valence-electron chi connectivity index (χ0n) is 6.88. The Balaban J connectivity index is 2.63. The predicted molar refractivity (Wildman–Crippen MR) is 41.5 cm³/mol. The lowest BCUT2D eigenvalue weighted by molar-refractivity contribution is -0.116. The van der Waals surface area contributed by atoms with Gasteiger partial charge in [-0.2, -0.15) is 0 Å². The third-order valence-electron chi connectivity index (χ3n) is 2.30.